The molecule has 141 heavy (non-hydrogen) atoms. The second kappa shape index (κ2) is 78.1. The van der Waals surface area contributed by atoms with Crippen molar-refractivity contribution in [2.45, 2.75) is 137 Å². The Morgan fingerprint density at radius 2 is 0.411 bits per heavy atom. The van der Waals surface area contributed by atoms with E-state index in [9.17, 15) is 26.3 Å². The zero-order valence-electron chi connectivity index (χ0n) is 84.9. The van der Waals surface area contributed by atoms with Crippen molar-refractivity contribution in [2.24, 2.45) is 0 Å². The molecule has 17 rings (SSSR count). The van der Waals surface area contributed by atoms with Crippen LogP contribution in [0.3, 0.4) is 0 Å². The Bertz CT molecular complexity index is 5350. The second-order valence-electron chi connectivity index (χ2n) is 37.0. The highest BCUT2D eigenvalue weighted by Crippen LogP contribution is 2.14. The average molecular weight is 1900 g/mol. The first-order valence-electron chi connectivity index (χ1n) is 52.5. The molecule has 19 heteroatoms. The summed E-state index contributed by atoms with van der Waals surface area (Å²) in [5.74, 6) is -0.312. The Balaban J connectivity index is 0.000000775. The predicted octanol–water partition coefficient (Wildman–Crippen LogP) is 17.9. The Hall–Kier alpha value is -12.6. The standard InChI is InChI=1S/3C14H15BF.2C13H13BF.C7H9BCl.C7H9BF.5C7H10B.5CH4/c2*1-11-2-4-12(5-3-11)10-15-13-6-8-14(16)9-7-13;1-11(12-5-3-2-4-6-12)15-13-7-9-14(16)10-8-13;1-14(11-5-3-2-4-6-11)12-7-9-13(15)10-8-12;15-13-8-6-12(7-9-13)14-10-11-4-2-1-3-5-11;2*1-8-6-2-4-7(9)5-3-6;5*1-8-7-5-3-2-4-6-7;;;;;/h2*2-9H,10,15H2,1H3;2-11H,15H2,1H3;2-10,14H,1H3;1-9H,10,14H2;2*2-5H,8H2,1H3;5*2-6H,8H2,1H3;5*1H4/q12*-1;;;;;. The van der Waals surface area contributed by atoms with Crippen LogP contribution in [-0.4, -0.2) is 86.8 Å². The summed E-state index contributed by atoms with van der Waals surface area (Å²) < 4.78 is 75.8. The SMILES string of the molecule is C.C.C.C.C.CC([BH2-]c1ccc(F)cc1)c1ccccc1.C[BH-](c1ccccc1)c1ccc(F)cc1.C[BH2-]c1ccc(Cl)cc1.C[BH2-]c1ccc(F)cc1.C[BH2-]c1ccccc1.C[BH2-]c1ccccc1.C[BH2-]c1ccccc1.C[BH2-]c1ccccc1.C[BH2-]c1ccccc1.Cc1ccc(C[BH2-]c2ccc(F)cc2)cc1.Cc1ccc(C[BH2-]c2ccc(F)cc2)cc1.Fc1ccc([BH2-]Cc2ccccc2)cc1. The summed E-state index contributed by atoms with van der Waals surface area (Å²) in [4.78, 5) is 0. The van der Waals surface area contributed by atoms with E-state index in [2.05, 4.69) is 348 Å². The summed E-state index contributed by atoms with van der Waals surface area (Å²) in [5, 5.41) is 0.832. The van der Waals surface area contributed by atoms with Gasteiger partial charge in [0, 0.05) is 40.9 Å². The van der Waals surface area contributed by atoms with Crippen LogP contribution in [-0.2, 0) is 19.0 Å². The van der Waals surface area contributed by atoms with Gasteiger partial charge in [0.05, 0.1) is 0 Å². The molecule has 17 aromatic rings. The van der Waals surface area contributed by atoms with Crippen LogP contribution >= 0.6 is 11.6 Å². The van der Waals surface area contributed by atoms with E-state index < -0.39 is 6.71 Å². The van der Waals surface area contributed by atoms with Gasteiger partial charge in [-0.25, -0.2) is 97.4 Å². The molecule has 0 fully saturated rings. The highest BCUT2D eigenvalue weighted by Gasteiger charge is 2.04. The molecule has 0 aliphatic rings. The van der Waals surface area contributed by atoms with Crippen molar-refractivity contribution in [2.75, 3.05) is 0 Å². The van der Waals surface area contributed by atoms with Crippen LogP contribution in [0.2, 0.25) is 59.6 Å². The van der Waals surface area contributed by atoms with Crippen LogP contribution in [0.25, 0.3) is 0 Å². The molecular formula is C122H159B12ClF6-12. The van der Waals surface area contributed by atoms with Gasteiger partial charge in [-0.1, -0.05) is 465 Å². The van der Waals surface area contributed by atoms with Gasteiger partial charge in [0.15, 0.2) is 0 Å². The van der Waals surface area contributed by atoms with Gasteiger partial charge in [0.1, 0.15) is 34.9 Å². The fourth-order valence-corrected chi connectivity index (χ4v) is 16.2. The van der Waals surface area contributed by atoms with Crippen molar-refractivity contribution in [3.8, 4) is 0 Å². The van der Waals surface area contributed by atoms with Crippen LogP contribution in [0, 0.1) is 48.8 Å². The Morgan fingerprint density at radius 3 is 0.660 bits per heavy atom. The van der Waals surface area contributed by atoms with E-state index in [-0.39, 0.29) is 152 Å². The number of aryl methyl sites for hydroxylation is 2. The van der Waals surface area contributed by atoms with Crippen LogP contribution in [0.4, 0.5) is 26.3 Å². The number of hydrogen-bond donors (Lipinski definition) is 0. The van der Waals surface area contributed by atoms with Crippen LogP contribution in [0.1, 0.15) is 83.3 Å². The zero-order chi connectivity index (χ0) is 97.8. The summed E-state index contributed by atoms with van der Waals surface area (Å²) in [6.45, 7) is 24.0. The van der Waals surface area contributed by atoms with Gasteiger partial charge in [-0.15, -0.1) is 5.82 Å². The highest BCUT2D eigenvalue weighted by atomic mass is 35.5. The Morgan fingerprint density at radius 1 is 0.220 bits per heavy atom. The number of halogens is 7. The average Bonchev–Trinajstić information content (AvgIpc) is 0.861. The first-order valence-corrected chi connectivity index (χ1v) is 52.9. The lowest BCUT2D eigenvalue weighted by Crippen LogP contribution is -2.38. The van der Waals surface area contributed by atoms with Crippen molar-refractivity contribution >= 4 is 169 Å². The molecule has 0 N–H and O–H groups in total. The Labute approximate surface area is 861 Å². The molecule has 2 unspecified atom stereocenters. The first-order chi connectivity index (χ1) is 66.2. The molecule has 0 aromatic heterocycles. The molecule has 0 aliphatic heterocycles. The molecule has 17 aromatic carbocycles. The molecule has 0 saturated carbocycles. The summed E-state index contributed by atoms with van der Waals surface area (Å²) in [6.07, 6.45) is 3.39. The maximum Gasteiger partial charge on any atom is 0.122 e. The molecule has 0 nitrogen and oxygen atoms in total. The van der Waals surface area contributed by atoms with Crippen molar-refractivity contribution < 1.29 is 26.3 Å². The molecule has 0 bridgehead atoms. The number of rotatable bonds is 21. The fraction of sp³-hybridized carbons (Fsp3) is 0.164. The van der Waals surface area contributed by atoms with Gasteiger partial charge in [-0.2, -0.15) is 73.5 Å². The van der Waals surface area contributed by atoms with Crippen molar-refractivity contribution in [1.29, 1.82) is 0 Å². The van der Waals surface area contributed by atoms with Gasteiger partial charge in [0.2, 0.25) is 0 Å². The van der Waals surface area contributed by atoms with E-state index in [1.165, 1.54) is 129 Å². The summed E-state index contributed by atoms with van der Waals surface area (Å²) >= 11 is 5.68. The topological polar surface area (TPSA) is 0 Å². The summed E-state index contributed by atoms with van der Waals surface area (Å²) in [7, 11) is 0.359. The monoisotopic (exact) mass is 1910 g/mol. The lowest BCUT2D eigenvalue weighted by Gasteiger charge is -2.18. The van der Waals surface area contributed by atoms with Gasteiger partial charge in [-0.3, -0.25) is 0 Å². The number of benzene rings is 17. The number of hydrogen-bond acceptors (Lipinski definition) is 0. The normalized spacial score (nSPS) is 9.97. The van der Waals surface area contributed by atoms with E-state index in [4.69, 9.17) is 11.6 Å². The maximum atomic E-state index is 12.8. The van der Waals surface area contributed by atoms with E-state index >= 15 is 0 Å². The van der Waals surface area contributed by atoms with Crippen molar-refractivity contribution in [1.82, 2.24) is 0 Å². The quantitative estimate of drug-likeness (QED) is 0.0497. The van der Waals surface area contributed by atoms with Gasteiger partial charge in [-0.05, 0) is 150 Å². The van der Waals surface area contributed by atoms with E-state index in [0.29, 0.717) is 5.82 Å². The Kier molecular flexibility index (Phi) is 70.0. The summed E-state index contributed by atoms with van der Waals surface area (Å²) in [6, 6.07) is 151. The molecule has 0 amide bonds. The van der Waals surface area contributed by atoms with E-state index in [0.717, 1.165) is 24.0 Å². The third-order valence-electron chi connectivity index (χ3n) is 26.1. The lowest BCUT2D eigenvalue weighted by molar-refractivity contribution is 0.628. The van der Waals surface area contributed by atoms with Crippen LogP contribution in [0.15, 0.2) is 461 Å². The van der Waals surface area contributed by atoms with Crippen molar-refractivity contribution in [3.63, 3.8) is 0 Å². The molecule has 744 valence electrons. The van der Waals surface area contributed by atoms with E-state index in [1.54, 1.807) is 48.5 Å². The van der Waals surface area contributed by atoms with E-state index in [1.807, 2.05) is 115 Å². The second-order valence-corrected chi connectivity index (χ2v) is 37.4. The lowest BCUT2D eigenvalue weighted by atomic mass is 9.43. The first kappa shape index (κ1) is 126. The fourth-order valence-electron chi connectivity index (χ4n) is 16.1. The minimum Gasteiger partial charge on any atom is -0.217 e. The van der Waals surface area contributed by atoms with Crippen molar-refractivity contribution in [3.05, 3.63) is 534 Å². The molecule has 2 atom stereocenters. The molecule has 0 saturated heterocycles. The van der Waals surface area contributed by atoms with Crippen LogP contribution < -0.4 is 71.0 Å². The third-order valence-corrected chi connectivity index (χ3v) is 26.3. The van der Waals surface area contributed by atoms with Gasteiger partial charge >= 0.3 is 0 Å². The molecular weight excluding hydrogens is 1740 g/mol. The zero-order valence-corrected chi connectivity index (χ0v) is 85.7. The van der Waals surface area contributed by atoms with Gasteiger partial charge < -0.3 is 0 Å². The largest absolute Gasteiger partial charge is 0.217 e. The molecule has 0 radical (unpaired) electrons. The maximum absolute atomic E-state index is 12.8. The predicted molar refractivity (Wildman–Crippen MR) is 660 cm³/mol. The highest BCUT2D eigenvalue weighted by molar-refractivity contribution is 6.84. The smallest absolute Gasteiger partial charge is 0.122 e. The molecule has 0 heterocycles. The van der Waals surface area contributed by atoms with Crippen LogP contribution in [0.5, 0.6) is 0 Å². The van der Waals surface area contributed by atoms with Gasteiger partial charge in [0.25, 0.3) is 0 Å². The molecule has 0 spiro atoms. The molecule has 0 aliphatic carbocycles. The minimum atomic E-state index is -0.539. The summed E-state index contributed by atoms with van der Waals surface area (Å²) in [5.41, 5.74) is 26.3. The third kappa shape index (κ3) is 57.7. The minimum absolute atomic E-state index is 0.